The molecule has 0 aliphatic carbocycles. The number of nitrogens with zero attached hydrogens (tertiary/aromatic N) is 7. The van der Waals surface area contributed by atoms with Crippen molar-refractivity contribution < 1.29 is 13.9 Å². The number of aromatic nitrogens is 4. The average Bonchev–Trinajstić information content (AvgIpc) is 3.38. The molecule has 0 radical (unpaired) electrons. The first-order valence-electron chi connectivity index (χ1n) is 13.7. The number of amides is 1. The fraction of sp³-hybridized carbons (Fsp3) is 0.448. The van der Waals surface area contributed by atoms with Crippen LogP contribution in [0, 0.1) is 12.7 Å². The lowest BCUT2D eigenvalue weighted by Gasteiger charge is -2.37. The van der Waals surface area contributed by atoms with Gasteiger partial charge in [-0.15, -0.1) is 0 Å². The molecule has 5 rings (SSSR count). The number of ether oxygens (including phenoxy) is 1. The number of aromatic amines is 1. The second-order valence-corrected chi connectivity index (χ2v) is 11.8. The highest BCUT2D eigenvalue weighted by atomic mass is 35.5. The molecule has 0 spiro atoms. The molecule has 218 valence electrons. The Morgan fingerprint density at radius 3 is 2.46 bits per heavy atom. The SMILES string of the molecule is CCN(c1nc(N2CCN(C(=O)OC(C)(C)C)CC2)c2cc(Cl)c(-c3c(C)ccc4[nH]ncc34)c(F)c2n1)N(C)C. The van der Waals surface area contributed by atoms with Gasteiger partial charge in [0.1, 0.15) is 16.9 Å². The van der Waals surface area contributed by atoms with Crippen LogP contribution in [0.4, 0.5) is 21.0 Å². The molecule has 2 aromatic heterocycles. The third-order valence-electron chi connectivity index (χ3n) is 7.18. The molecule has 12 heteroatoms. The van der Waals surface area contributed by atoms with Gasteiger partial charge in [-0.25, -0.2) is 19.2 Å². The van der Waals surface area contributed by atoms with Gasteiger partial charge in [0.25, 0.3) is 0 Å². The molecule has 1 aliphatic rings. The van der Waals surface area contributed by atoms with Crippen molar-refractivity contribution in [1.29, 1.82) is 0 Å². The van der Waals surface area contributed by atoms with Crippen molar-refractivity contribution in [2.24, 2.45) is 0 Å². The number of fused-ring (bicyclic) bond motifs is 2. The number of carbonyl (C=O) groups excluding carboxylic acids is 1. The largest absolute Gasteiger partial charge is 0.444 e. The summed E-state index contributed by atoms with van der Waals surface area (Å²) in [7, 11) is 3.78. The molecule has 0 saturated carbocycles. The molecule has 1 N–H and O–H groups in total. The fourth-order valence-corrected chi connectivity index (χ4v) is 5.53. The fourth-order valence-electron chi connectivity index (χ4n) is 5.24. The van der Waals surface area contributed by atoms with Crippen LogP contribution in [0.3, 0.4) is 0 Å². The highest BCUT2D eigenvalue weighted by Crippen LogP contribution is 2.42. The van der Waals surface area contributed by atoms with E-state index in [0.717, 1.165) is 16.5 Å². The normalized spacial score (nSPS) is 14.4. The van der Waals surface area contributed by atoms with Gasteiger partial charge in [0.2, 0.25) is 5.95 Å². The lowest BCUT2D eigenvalue weighted by molar-refractivity contribution is 0.0240. The van der Waals surface area contributed by atoms with Gasteiger partial charge in [-0.2, -0.15) is 10.1 Å². The summed E-state index contributed by atoms with van der Waals surface area (Å²) in [5.74, 6) is 0.427. The van der Waals surface area contributed by atoms with E-state index in [-0.39, 0.29) is 22.2 Å². The Hall–Kier alpha value is -3.70. The molecule has 3 heterocycles. The minimum atomic E-state index is -0.576. The minimum absolute atomic E-state index is 0.180. The number of hydrogen-bond donors (Lipinski definition) is 1. The maximum Gasteiger partial charge on any atom is 0.410 e. The quantitative estimate of drug-likeness (QED) is 0.302. The van der Waals surface area contributed by atoms with Crippen molar-refractivity contribution in [2.75, 3.05) is 56.7 Å². The minimum Gasteiger partial charge on any atom is -0.444 e. The smallest absolute Gasteiger partial charge is 0.410 e. The van der Waals surface area contributed by atoms with E-state index in [1.807, 2.05) is 70.9 Å². The molecule has 0 unspecified atom stereocenters. The molecule has 0 atom stereocenters. The van der Waals surface area contributed by atoms with Gasteiger partial charge in [0, 0.05) is 68.7 Å². The van der Waals surface area contributed by atoms with Crippen molar-refractivity contribution in [3.8, 4) is 11.1 Å². The van der Waals surface area contributed by atoms with Crippen molar-refractivity contribution in [1.82, 2.24) is 30.1 Å². The van der Waals surface area contributed by atoms with Crippen molar-refractivity contribution >= 4 is 51.3 Å². The summed E-state index contributed by atoms with van der Waals surface area (Å²) >= 11 is 6.87. The number of benzene rings is 2. The van der Waals surface area contributed by atoms with Crippen molar-refractivity contribution in [2.45, 2.75) is 40.2 Å². The monoisotopic (exact) mass is 582 g/mol. The van der Waals surface area contributed by atoms with Crippen LogP contribution in [0.1, 0.15) is 33.3 Å². The van der Waals surface area contributed by atoms with E-state index in [4.69, 9.17) is 26.3 Å². The van der Waals surface area contributed by atoms with Gasteiger partial charge >= 0.3 is 6.09 Å². The van der Waals surface area contributed by atoms with E-state index in [2.05, 4.69) is 15.1 Å². The Labute approximate surface area is 244 Å². The van der Waals surface area contributed by atoms with E-state index in [1.54, 1.807) is 17.2 Å². The zero-order valence-electron chi connectivity index (χ0n) is 24.5. The summed E-state index contributed by atoms with van der Waals surface area (Å²) in [5.41, 5.74) is 2.22. The maximum absolute atomic E-state index is 16.7. The molecule has 4 aromatic rings. The first-order chi connectivity index (χ1) is 19.4. The lowest BCUT2D eigenvalue weighted by Crippen LogP contribution is -2.50. The number of anilines is 2. The Kier molecular flexibility index (Phi) is 7.69. The average molecular weight is 583 g/mol. The molecular formula is C29H36ClFN8O2. The zero-order valence-corrected chi connectivity index (χ0v) is 25.3. The summed E-state index contributed by atoms with van der Waals surface area (Å²) in [6.45, 7) is 11.9. The van der Waals surface area contributed by atoms with Gasteiger partial charge in [0.05, 0.1) is 16.7 Å². The van der Waals surface area contributed by atoms with Crippen LogP contribution in [-0.4, -0.2) is 88.6 Å². The van der Waals surface area contributed by atoms with Crippen LogP contribution in [0.2, 0.25) is 5.02 Å². The summed E-state index contributed by atoms with van der Waals surface area (Å²) in [6, 6.07) is 5.58. The molecular weight excluding hydrogens is 547 g/mol. The van der Waals surface area contributed by atoms with Crippen LogP contribution < -0.4 is 9.91 Å². The van der Waals surface area contributed by atoms with Crippen LogP contribution in [0.5, 0.6) is 0 Å². The number of hydrogen-bond acceptors (Lipinski definition) is 8. The number of carbonyl (C=O) groups is 1. The summed E-state index contributed by atoms with van der Waals surface area (Å²) < 4.78 is 22.3. The predicted molar refractivity (Wildman–Crippen MR) is 161 cm³/mol. The van der Waals surface area contributed by atoms with Gasteiger partial charge in [-0.1, -0.05) is 17.7 Å². The third-order valence-corrected chi connectivity index (χ3v) is 7.48. The number of hydrazine groups is 1. The maximum atomic E-state index is 16.7. The summed E-state index contributed by atoms with van der Waals surface area (Å²) in [4.78, 5) is 26.0. The topological polar surface area (TPSA) is 93.7 Å². The second-order valence-electron chi connectivity index (χ2n) is 11.4. The first kappa shape index (κ1) is 28.8. The Balaban J connectivity index is 1.64. The highest BCUT2D eigenvalue weighted by molar-refractivity contribution is 6.35. The Bertz CT molecular complexity index is 1610. The molecule has 0 bridgehead atoms. The number of H-pyrrole nitrogens is 1. The van der Waals surface area contributed by atoms with Crippen LogP contribution in [0.15, 0.2) is 24.4 Å². The van der Waals surface area contributed by atoms with Crippen LogP contribution >= 0.6 is 11.6 Å². The molecule has 2 aromatic carbocycles. The van der Waals surface area contributed by atoms with Gasteiger partial charge in [-0.3, -0.25) is 10.1 Å². The Morgan fingerprint density at radius 1 is 1.12 bits per heavy atom. The van der Waals surface area contributed by atoms with Gasteiger partial charge < -0.3 is 14.5 Å². The van der Waals surface area contributed by atoms with Crippen LogP contribution in [0.25, 0.3) is 32.9 Å². The highest BCUT2D eigenvalue weighted by Gasteiger charge is 2.30. The Morgan fingerprint density at radius 2 is 1.83 bits per heavy atom. The van der Waals surface area contributed by atoms with Crippen molar-refractivity contribution in [3.63, 3.8) is 0 Å². The number of rotatable bonds is 5. The standard InChI is InChI=1S/C29H36ClFN8O2/c1-8-39(36(6)7)27-33-25-18(26(34-27)37-11-13-38(14-12-37)28(40)41-29(3,4)5)15-20(30)23(24(25)31)22-17(2)9-10-21-19(22)16-32-35-21/h9-10,15-16H,8,11-14H2,1-7H3,(H,32,35). The summed E-state index contributed by atoms with van der Waals surface area (Å²) in [5, 5.41) is 12.4. The second kappa shape index (κ2) is 10.9. The molecule has 41 heavy (non-hydrogen) atoms. The molecule has 1 saturated heterocycles. The number of halogens is 2. The van der Waals surface area contributed by atoms with E-state index in [9.17, 15) is 4.79 Å². The first-order valence-corrected chi connectivity index (χ1v) is 14.1. The number of piperazine rings is 1. The van der Waals surface area contributed by atoms with Gasteiger partial charge in [0.15, 0.2) is 5.82 Å². The predicted octanol–water partition coefficient (Wildman–Crippen LogP) is 5.63. The number of nitrogens with one attached hydrogen (secondary N) is 1. The van der Waals surface area contributed by atoms with E-state index < -0.39 is 11.4 Å². The lowest BCUT2D eigenvalue weighted by atomic mass is 9.95. The number of aryl methyl sites for hydroxylation is 1. The van der Waals surface area contributed by atoms with E-state index in [1.165, 1.54) is 0 Å². The van der Waals surface area contributed by atoms with E-state index >= 15 is 4.39 Å². The third kappa shape index (κ3) is 5.48. The molecule has 1 amide bonds. The molecule has 10 nitrogen and oxygen atoms in total. The van der Waals surface area contributed by atoms with Crippen molar-refractivity contribution in [3.05, 3.63) is 40.8 Å². The van der Waals surface area contributed by atoms with Crippen LogP contribution in [-0.2, 0) is 4.74 Å². The summed E-state index contributed by atoms with van der Waals surface area (Å²) in [6.07, 6.45) is 1.33. The van der Waals surface area contributed by atoms with Gasteiger partial charge in [-0.05, 0) is 52.3 Å². The molecule has 1 aliphatic heterocycles. The zero-order chi connectivity index (χ0) is 29.6. The van der Waals surface area contributed by atoms with E-state index in [0.29, 0.717) is 55.4 Å². The molecule has 1 fully saturated rings.